The third-order valence-corrected chi connectivity index (χ3v) is 3.79. The molecule has 1 heterocycles. The molecule has 0 spiro atoms. The third kappa shape index (κ3) is 4.48. The van der Waals surface area contributed by atoms with E-state index in [1.807, 2.05) is 38.1 Å². The second-order valence-corrected chi connectivity index (χ2v) is 5.56. The Labute approximate surface area is 136 Å². The maximum atomic E-state index is 12.2. The lowest BCUT2D eigenvalue weighted by atomic mass is 10.1. The number of rotatable bonds is 6. The van der Waals surface area contributed by atoms with Gasteiger partial charge in [-0.25, -0.2) is 4.79 Å². The first-order chi connectivity index (χ1) is 11.0. The molecule has 1 N–H and O–H groups in total. The van der Waals surface area contributed by atoms with Crippen molar-refractivity contribution in [2.45, 2.75) is 32.9 Å². The van der Waals surface area contributed by atoms with Crippen molar-refractivity contribution >= 4 is 6.03 Å². The first-order valence-corrected chi connectivity index (χ1v) is 7.56. The van der Waals surface area contributed by atoms with Crippen LogP contribution >= 0.6 is 0 Å². The van der Waals surface area contributed by atoms with Crippen molar-refractivity contribution in [3.05, 3.63) is 47.3 Å². The van der Waals surface area contributed by atoms with Gasteiger partial charge in [-0.05, 0) is 31.9 Å². The average molecular weight is 317 g/mol. The zero-order chi connectivity index (χ0) is 16.8. The van der Waals surface area contributed by atoms with Gasteiger partial charge >= 0.3 is 6.03 Å². The lowest BCUT2D eigenvalue weighted by molar-refractivity contribution is 0.192. The molecule has 0 aliphatic rings. The number of ether oxygens (including phenoxy) is 1. The summed E-state index contributed by atoms with van der Waals surface area (Å²) in [4.78, 5) is 13.9. The molecule has 0 unspecified atom stereocenters. The molecule has 6 heteroatoms. The molecule has 0 fully saturated rings. The number of likely N-dealkylation sites (N-methyl/N-ethyl adjacent to an activating group) is 1. The number of para-hydroxylation sites is 1. The number of urea groups is 1. The van der Waals surface area contributed by atoms with Crippen LogP contribution in [0.15, 0.2) is 34.9 Å². The number of hydrogen-bond acceptors (Lipinski definition) is 4. The summed E-state index contributed by atoms with van der Waals surface area (Å²) in [6, 6.07) is 9.53. The fourth-order valence-electron chi connectivity index (χ4n) is 2.32. The zero-order valence-electron chi connectivity index (χ0n) is 14.0. The van der Waals surface area contributed by atoms with Gasteiger partial charge in [0, 0.05) is 19.2 Å². The first-order valence-electron chi connectivity index (χ1n) is 7.56. The van der Waals surface area contributed by atoms with Gasteiger partial charge in [0.2, 0.25) is 0 Å². The van der Waals surface area contributed by atoms with Crippen molar-refractivity contribution in [3.63, 3.8) is 0 Å². The first kappa shape index (κ1) is 16.9. The van der Waals surface area contributed by atoms with E-state index in [1.54, 1.807) is 25.1 Å². The van der Waals surface area contributed by atoms with E-state index >= 15 is 0 Å². The van der Waals surface area contributed by atoms with Crippen molar-refractivity contribution in [2.24, 2.45) is 0 Å². The summed E-state index contributed by atoms with van der Waals surface area (Å²) < 4.78 is 10.3. The van der Waals surface area contributed by atoms with Crippen LogP contribution in [0.5, 0.6) is 5.75 Å². The van der Waals surface area contributed by atoms with Crippen molar-refractivity contribution in [1.29, 1.82) is 0 Å². The molecule has 0 saturated carbocycles. The van der Waals surface area contributed by atoms with Gasteiger partial charge in [0.15, 0.2) is 0 Å². The van der Waals surface area contributed by atoms with E-state index in [4.69, 9.17) is 9.26 Å². The molecule has 23 heavy (non-hydrogen) atoms. The highest BCUT2D eigenvalue weighted by molar-refractivity contribution is 5.74. The van der Waals surface area contributed by atoms with Crippen molar-refractivity contribution < 1.29 is 14.1 Å². The normalized spacial score (nSPS) is 11.8. The molecule has 2 amide bonds. The van der Waals surface area contributed by atoms with Crippen LogP contribution in [0.3, 0.4) is 0 Å². The molecule has 0 aliphatic carbocycles. The average Bonchev–Trinajstić information content (AvgIpc) is 2.97. The van der Waals surface area contributed by atoms with Crippen LogP contribution in [0.25, 0.3) is 0 Å². The van der Waals surface area contributed by atoms with Gasteiger partial charge in [-0.15, -0.1) is 0 Å². The Bertz CT molecular complexity index is 654. The smallest absolute Gasteiger partial charge is 0.317 e. The Kier molecular flexibility index (Phi) is 5.62. The maximum absolute atomic E-state index is 12.2. The number of aryl methyl sites for hydroxylation is 1. The number of methoxy groups -OCH3 is 1. The fraction of sp³-hybridized carbons (Fsp3) is 0.412. The third-order valence-electron chi connectivity index (χ3n) is 3.79. The molecule has 0 bridgehead atoms. The lowest BCUT2D eigenvalue weighted by Gasteiger charge is -2.25. The van der Waals surface area contributed by atoms with Crippen molar-refractivity contribution in [1.82, 2.24) is 15.4 Å². The molecule has 0 aliphatic heterocycles. The monoisotopic (exact) mass is 317 g/mol. The predicted molar refractivity (Wildman–Crippen MR) is 87.4 cm³/mol. The van der Waals surface area contributed by atoms with Crippen LogP contribution in [0.4, 0.5) is 4.79 Å². The minimum Gasteiger partial charge on any atom is -0.496 e. The summed E-state index contributed by atoms with van der Waals surface area (Å²) in [6.07, 6.45) is 0.719. The number of carbonyl (C=O) groups is 1. The van der Waals surface area contributed by atoms with E-state index in [2.05, 4.69) is 10.5 Å². The quantitative estimate of drug-likeness (QED) is 0.889. The van der Waals surface area contributed by atoms with Gasteiger partial charge in [-0.1, -0.05) is 23.4 Å². The molecular formula is C17H23N3O3. The summed E-state index contributed by atoms with van der Waals surface area (Å²) in [5.41, 5.74) is 1.79. The maximum Gasteiger partial charge on any atom is 0.317 e. The second-order valence-electron chi connectivity index (χ2n) is 5.56. The Morgan fingerprint density at radius 1 is 1.43 bits per heavy atom. The minimum atomic E-state index is -0.145. The molecule has 1 aromatic carbocycles. The van der Waals surface area contributed by atoms with Crippen LogP contribution in [0.2, 0.25) is 0 Å². The Hall–Kier alpha value is -2.50. The van der Waals surface area contributed by atoms with Gasteiger partial charge in [0.1, 0.15) is 17.2 Å². The Balaban J connectivity index is 1.90. The van der Waals surface area contributed by atoms with E-state index in [9.17, 15) is 4.79 Å². The minimum absolute atomic E-state index is 0.0327. The fourth-order valence-corrected chi connectivity index (χ4v) is 2.32. The highest BCUT2D eigenvalue weighted by atomic mass is 16.5. The highest BCUT2D eigenvalue weighted by Gasteiger charge is 2.17. The second kappa shape index (κ2) is 7.67. The van der Waals surface area contributed by atoms with E-state index in [1.165, 1.54) is 0 Å². The lowest BCUT2D eigenvalue weighted by Crippen LogP contribution is -2.43. The van der Waals surface area contributed by atoms with E-state index in [-0.39, 0.29) is 12.1 Å². The Morgan fingerprint density at radius 3 is 2.83 bits per heavy atom. The van der Waals surface area contributed by atoms with Gasteiger partial charge in [-0.3, -0.25) is 0 Å². The summed E-state index contributed by atoms with van der Waals surface area (Å²) in [6.45, 7) is 4.17. The molecule has 1 atom stereocenters. The van der Waals surface area contributed by atoms with E-state index in [0.717, 1.165) is 23.5 Å². The Morgan fingerprint density at radius 2 is 2.17 bits per heavy atom. The van der Waals surface area contributed by atoms with Crippen LogP contribution in [-0.4, -0.2) is 36.3 Å². The van der Waals surface area contributed by atoms with Crippen LogP contribution in [-0.2, 0) is 13.0 Å². The number of hydrogen-bond donors (Lipinski definition) is 1. The summed E-state index contributed by atoms with van der Waals surface area (Å²) >= 11 is 0. The molecule has 124 valence electrons. The van der Waals surface area contributed by atoms with Crippen molar-refractivity contribution in [2.75, 3.05) is 14.2 Å². The molecule has 0 radical (unpaired) electrons. The predicted octanol–water partition coefficient (Wildman–Crippen LogP) is 2.76. The standard InChI is InChI=1S/C17H23N3O3/c1-12(9-14-7-5-6-8-16(14)22-4)20(3)17(21)18-11-15-10-13(2)23-19-15/h5-8,10,12H,9,11H2,1-4H3,(H,18,21)/t12-/m0/s1. The highest BCUT2D eigenvalue weighted by Crippen LogP contribution is 2.20. The molecule has 1 aromatic heterocycles. The zero-order valence-corrected chi connectivity index (χ0v) is 14.0. The summed E-state index contributed by atoms with van der Waals surface area (Å²) in [5, 5.41) is 6.70. The molecule has 0 saturated heterocycles. The van der Waals surface area contributed by atoms with E-state index < -0.39 is 0 Å². The van der Waals surface area contributed by atoms with E-state index in [0.29, 0.717) is 12.2 Å². The SMILES string of the molecule is COc1ccccc1C[C@H](C)N(C)C(=O)NCc1cc(C)on1. The largest absolute Gasteiger partial charge is 0.496 e. The van der Waals surface area contributed by atoms with Gasteiger partial charge < -0.3 is 19.5 Å². The molecule has 2 rings (SSSR count). The number of benzene rings is 1. The van der Waals surface area contributed by atoms with Crippen LogP contribution in [0, 0.1) is 6.92 Å². The number of nitrogens with zero attached hydrogens (tertiary/aromatic N) is 2. The summed E-state index contributed by atoms with van der Waals surface area (Å²) in [5.74, 6) is 1.57. The molecule has 2 aromatic rings. The van der Waals surface area contributed by atoms with Crippen LogP contribution in [0.1, 0.15) is 23.9 Å². The number of amides is 2. The van der Waals surface area contributed by atoms with Crippen LogP contribution < -0.4 is 10.1 Å². The number of aromatic nitrogens is 1. The molecular weight excluding hydrogens is 294 g/mol. The van der Waals surface area contributed by atoms with Gasteiger partial charge in [0.05, 0.1) is 13.7 Å². The summed E-state index contributed by atoms with van der Waals surface area (Å²) in [7, 11) is 3.43. The number of carbonyl (C=O) groups excluding carboxylic acids is 1. The molecule has 6 nitrogen and oxygen atoms in total. The van der Waals surface area contributed by atoms with Crippen molar-refractivity contribution in [3.8, 4) is 5.75 Å². The van der Waals surface area contributed by atoms with Gasteiger partial charge in [-0.2, -0.15) is 0 Å². The number of nitrogens with one attached hydrogen (secondary N) is 1. The van der Waals surface area contributed by atoms with Gasteiger partial charge in [0.25, 0.3) is 0 Å². The topological polar surface area (TPSA) is 67.6 Å².